The number of hydrogen-bond acceptors (Lipinski definition) is 3. The normalized spacial score (nSPS) is 18.3. The zero-order valence-corrected chi connectivity index (χ0v) is 13.6. The molecule has 1 unspecified atom stereocenters. The SMILES string of the molecule is CCN1CCC(=O)N(OC)C(c2ccccc2)c2ccccc21. The monoisotopic (exact) mass is 310 g/mol. The molecule has 2 aromatic carbocycles. The van der Waals surface area contributed by atoms with Gasteiger partial charge in [0.1, 0.15) is 6.04 Å². The lowest BCUT2D eigenvalue weighted by Crippen LogP contribution is -2.40. The molecule has 0 spiro atoms. The largest absolute Gasteiger partial charge is 0.371 e. The first-order valence-corrected chi connectivity index (χ1v) is 8.01. The summed E-state index contributed by atoms with van der Waals surface area (Å²) in [6.45, 7) is 3.70. The summed E-state index contributed by atoms with van der Waals surface area (Å²) in [5.41, 5.74) is 3.31. The van der Waals surface area contributed by atoms with E-state index in [4.69, 9.17) is 4.84 Å². The van der Waals surface area contributed by atoms with Gasteiger partial charge in [0.15, 0.2) is 0 Å². The number of carbonyl (C=O) groups excluding carboxylic acids is 1. The van der Waals surface area contributed by atoms with Gasteiger partial charge in [-0.05, 0) is 18.6 Å². The summed E-state index contributed by atoms with van der Waals surface area (Å²) < 4.78 is 0. The Kier molecular flexibility index (Phi) is 4.63. The standard InChI is InChI=1S/C19H22N2O2/c1-3-20-14-13-18(22)21(23-2)19(15-9-5-4-6-10-15)16-11-7-8-12-17(16)20/h4-12,19H,3,13-14H2,1-2H3. The number of amides is 1. The molecule has 3 rings (SSSR count). The number of anilines is 1. The minimum atomic E-state index is -0.237. The van der Waals surface area contributed by atoms with Crippen molar-refractivity contribution in [3.8, 4) is 0 Å². The number of para-hydroxylation sites is 1. The van der Waals surface area contributed by atoms with Crippen molar-refractivity contribution >= 4 is 11.6 Å². The highest BCUT2D eigenvalue weighted by Gasteiger charge is 2.32. The van der Waals surface area contributed by atoms with Crippen LogP contribution in [0, 0.1) is 0 Å². The van der Waals surface area contributed by atoms with Crippen LogP contribution in [-0.2, 0) is 9.63 Å². The Morgan fingerprint density at radius 2 is 1.78 bits per heavy atom. The fourth-order valence-electron chi connectivity index (χ4n) is 3.22. The lowest BCUT2D eigenvalue weighted by atomic mass is 9.95. The number of carbonyl (C=O) groups is 1. The quantitative estimate of drug-likeness (QED) is 0.871. The highest BCUT2D eigenvalue weighted by molar-refractivity contribution is 5.78. The predicted octanol–water partition coefficient (Wildman–Crippen LogP) is 3.40. The lowest BCUT2D eigenvalue weighted by Gasteiger charge is -2.37. The summed E-state index contributed by atoms with van der Waals surface area (Å²) in [5.74, 6) is 0.00862. The van der Waals surface area contributed by atoms with E-state index in [-0.39, 0.29) is 11.9 Å². The maximum Gasteiger partial charge on any atom is 0.248 e. The Hall–Kier alpha value is -2.33. The van der Waals surface area contributed by atoms with Crippen LogP contribution in [0.1, 0.15) is 30.5 Å². The van der Waals surface area contributed by atoms with E-state index < -0.39 is 0 Å². The Morgan fingerprint density at radius 3 is 2.48 bits per heavy atom. The lowest BCUT2D eigenvalue weighted by molar-refractivity contribution is -0.185. The molecule has 0 fully saturated rings. The van der Waals surface area contributed by atoms with Crippen molar-refractivity contribution in [2.24, 2.45) is 0 Å². The maximum absolute atomic E-state index is 12.6. The van der Waals surface area contributed by atoms with E-state index in [1.807, 2.05) is 42.5 Å². The van der Waals surface area contributed by atoms with E-state index in [1.54, 1.807) is 7.11 Å². The molecule has 0 aliphatic carbocycles. The third-order valence-corrected chi connectivity index (χ3v) is 4.34. The van der Waals surface area contributed by atoms with Gasteiger partial charge in [0.25, 0.3) is 0 Å². The third kappa shape index (κ3) is 2.94. The number of hydroxylamine groups is 2. The minimum Gasteiger partial charge on any atom is -0.371 e. The van der Waals surface area contributed by atoms with Crippen LogP contribution in [0.3, 0.4) is 0 Å². The van der Waals surface area contributed by atoms with E-state index in [2.05, 4.69) is 24.0 Å². The van der Waals surface area contributed by atoms with Crippen LogP contribution >= 0.6 is 0 Å². The first-order valence-electron chi connectivity index (χ1n) is 8.01. The Morgan fingerprint density at radius 1 is 1.09 bits per heavy atom. The molecule has 0 saturated heterocycles. The number of hydrogen-bond donors (Lipinski definition) is 0. The van der Waals surface area contributed by atoms with Gasteiger partial charge in [0.05, 0.1) is 7.11 Å². The van der Waals surface area contributed by atoms with Crippen molar-refractivity contribution in [3.05, 3.63) is 65.7 Å². The van der Waals surface area contributed by atoms with Gasteiger partial charge >= 0.3 is 0 Å². The van der Waals surface area contributed by atoms with Gasteiger partial charge in [-0.1, -0.05) is 48.5 Å². The zero-order chi connectivity index (χ0) is 16.2. The summed E-state index contributed by atoms with van der Waals surface area (Å²) in [7, 11) is 1.57. The molecule has 120 valence electrons. The van der Waals surface area contributed by atoms with Crippen LogP contribution in [0.4, 0.5) is 5.69 Å². The second-order valence-electron chi connectivity index (χ2n) is 5.60. The fourth-order valence-corrected chi connectivity index (χ4v) is 3.22. The Bertz CT molecular complexity index is 672. The van der Waals surface area contributed by atoms with Gasteiger partial charge in [-0.25, -0.2) is 5.06 Å². The van der Waals surface area contributed by atoms with Crippen LogP contribution in [0.15, 0.2) is 54.6 Å². The Labute approximate surface area is 137 Å². The molecule has 0 saturated carbocycles. The molecule has 1 atom stereocenters. The molecule has 23 heavy (non-hydrogen) atoms. The molecule has 4 heteroatoms. The molecule has 0 bridgehead atoms. The molecule has 1 amide bonds. The molecular formula is C19H22N2O2. The molecule has 0 radical (unpaired) electrons. The summed E-state index contributed by atoms with van der Waals surface area (Å²) in [4.78, 5) is 20.4. The second kappa shape index (κ2) is 6.84. The van der Waals surface area contributed by atoms with Crippen molar-refractivity contribution in [1.29, 1.82) is 0 Å². The summed E-state index contributed by atoms with van der Waals surface area (Å²) in [6.07, 6.45) is 0.444. The van der Waals surface area contributed by atoms with Gasteiger partial charge < -0.3 is 4.90 Å². The van der Waals surface area contributed by atoms with Crippen LogP contribution in [-0.4, -0.2) is 31.2 Å². The van der Waals surface area contributed by atoms with Gasteiger partial charge in [-0.15, -0.1) is 0 Å². The van der Waals surface area contributed by atoms with Crippen molar-refractivity contribution in [2.45, 2.75) is 19.4 Å². The van der Waals surface area contributed by atoms with Gasteiger partial charge in [0, 0.05) is 30.8 Å². The molecule has 1 aliphatic heterocycles. The van der Waals surface area contributed by atoms with Crippen molar-refractivity contribution < 1.29 is 9.63 Å². The summed E-state index contributed by atoms with van der Waals surface area (Å²) in [6, 6.07) is 18.1. The maximum atomic E-state index is 12.6. The molecule has 2 aromatic rings. The third-order valence-electron chi connectivity index (χ3n) is 4.34. The van der Waals surface area contributed by atoms with Crippen LogP contribution < -0.4 is 4.90 Å². The van der Waals surface area contributed by atoms with E-state index in [0.29, 0.717) is 13.0 Å². The average molecular weight is 310 g/mol. The van der Waals surface area contributed by atoms with E-state index in [0.717, 1.165) is 17.7 Å². The number of fused-ring (bicyclic) bond motifs is 1. The fraction of sp³-hybridized carbons (Fsp3) is 0.316. The predicted molar refractivity (Wildman–Crippen MR) is 91.1 cm³/mol. The first kappa shape index (κ1) is 15.6. The summed E-state index contributed by atoms with van der Waals surface area (Å²) in [5, 5.41) is 1.52. The van der Waals surface area contributed by atoms with E-state index in [1.165, 1.54) is 10.8 Å². The number of rotatable bonds is 3. The number of nitrogens with zero attached hydrogens (tertiary/aromatic N) is 2. The van der Waals surface area contributed by atoms with Crippen LogP contribution in [0.25, 0.3) is 0 Å². The smallest absolute Gasteiger partial charge is 0.248 e. The molecule has 0 aromatic heterocycles. The van der Waals surface area contributed by atoms with Gasteiger partial charge in [0.2, 0.25) is 5.91 Å². The van der Waals surface area contributed by atoms with Gasteiger partial charge in [-0.3, -0.25) is 9.63 Å². The minimum absolute atomic E-state index is 0.00862. The second-order valence-corrected chi connectivity index (χ2v) is 5.60. The molecule has 1 heterocycles. The molecule has 1 aliphatic rings. The van der Waals surface area contributed by atoms with Gasteiger partial charge in [-0.2, -0.15) is 0 Å². The van der Waals surface area contributed by atoms with Crippen molar-refractivity contribution in [3.63, 3.8) is 0 Å². The van der Waals surface area contributed by atoms with Crippen molar-refractivity contribution in [2.75, 3.05) is 25.1 Å². The van der Waals surface area contributed by atoms with E-state index >= 15 is 0 Å². The topological polar surface area (TPSA) is 32.8 Å². The van der Waals surface area contributed by atoms with Crippen LogP contribution in [0.5, 0.6) is 0 Å². The molecular weight excluding hydrogens is 288 g/mol. The Balaban J connectivity index is 2.19. The highest BCUT2D eigenvalue weighted by Crippen LogP contribution is 2.37. The summed E-state index contributed by atoms with van der Waals surface area (Å²) >= 11 is 0. The van der Waals surface area contributed by atoms with E-state index in [9.17, 15) is 4.79 Å². The van der Waals surface area contributed by atoms with Crippen LogP contribution in [0.2, 0.25) is 0 Å². The van der Waals surface area contributed by atoms with Crippen molar-refractivity contribution in [1.82, 2.24) is 5.06 Å². The first-order chi connectivity index (χ1) is 11.3. The number of benzene rings is 2. The zero-order valence-electron chi connectivity index (χ0n) is 13.6. The highest BCUT2D eigenvalue weighted by atomic mass is 16.7. The molecule has 0 N–H and O–H groups in total. The molecule has 4 nitrogen and oxygen atoms in total. The average Bonchev–Trinajstić information content (AvgIpc) is 2.60.